The molecule has 0 aromatic carbocycles. The zero-order chi connectivity index (χ0) is 23.7. The summed E-state index contributed by atoms with van der Waals surface area (Å²) in [7, 11) is 0. The van der Waals surface area contributed by atoms with Gasteiger partial charge in [-0.2, -0.15) is 13.2 Å². The van der Waals surface area contributed by atoms with Crippen LogP contribution in [0, 0.1) is 0 Å². The lowest BCUT2D eigenvalue weighted by Crippen LogP contribution is -2.57. The van der Waals surface area contributed by atoms with E-state index in [1.54, 1.807) is 29.4 Å². The fraction of sp³-hybridized carbons (Fsp3) is 0.261. The lowest BCUT2D eigenvalue weighted by Gasteiger charge is -2.35. The minimum atomic E-state index is -4.29. The van der Waals surface area contributed by atoms with Crippen LogP contribution in [0.15, 0.2) is 55.0 Å². The Labute approximate surface area is 193 Å². The molecule has 4 aromatic rings. The summed E-state index contributed by atoms with van der Waals surface area (Å²) in [6.07, 6.45) is 0.936. The number of alkyl halides is 3. The van der Waals surface area contributed by atoms with Crippen molar-refractivity contribution in [2.24, 2.45) is 0 Å². The quantitative estimate of drug-likeness (QED) is 0.355. The third kappa shape index (κ3) is 4.46. The molecule has 5 N–H and O–H groups in total. The van der Waals surface area contributed by atoms with E-state index in [-0.39, 0.29) is 13.1 Å². The zero-order valence-corrected chi connectivity index (χ0v) is 18.1. The highest BCUT2D eigenvalue weighted by atomic mass is 19.4. The number of hydrogen-bond donors (Lipinski definition) is 4. The van der Waals surface area contributed by atoms with Crippen molar-refractivity contribution in [3.63, 3.8) is 0 Å². The molecule has 0 amide bonds. The van der Waals surface area contributed by atoms with Gasteiger partial charge >= 0.3 is 6.18 Å². The molecular weight excluding hydrogens is 445 g/mol. The summed E-state index contributed by atoms with van der Waals surface area (Å²) in [5.41, 5.74) is 9.99. The third-order valence-corrected chi connectivity index (χ3v) is 5.81. The smallest absolute Gasteiger partial charge is 0.384 e. The summed E-state index contributed by atoms with van der Waals surface area (Å²) in [5.74, 6) is 0.955. The van der Waals surface area contributed by atoms with Crippen LogP contribution in [0.3, 0.4) is 0 Å². The molecule has 0 saturated carbocycles. The highest BCUT2D eigenvalue weighted by Crippen LogP contribution is 2.33. The summed E-state index contributed by atoms with van der Waals surface area (Å²) in [4.78, 5) is 17.9. The summed E-state index contributed by atoms with van der Waals surface area (Å²) >= 11 is 0. The maximum Gasteiger partial charge on any atom is 0.405 e. The Kier molecular flexibility index (Phi) is 5.70. The molecule has 34 heavy (non-hydrogen) atoms. The number of nitrogens with two attached hydrogens (primary N) is 1. The van der Waals surface area contributed by atoms with Crippen LogP contribution in [0.5, 0.6) is 0 Å². The van der Waals surface area contributed by atoms with Gasteiger partial charge in [0.1, 0.15) is 23.3 Å². The van der Waals surface area contributed by atoms with E-state index in [4.69, 9.17) is 5.73 Å². The number of anilines is 3. The van der Waals surface area contributed by atoms with Crippen LogP contribution >= 0.6 is 0 Å². The van der Waals surface area contributed by atoms with Gasteiger partial charge in [-0.3, -0.25) is 0 Å². The Balaban J connectivity index is 1.37. The topological polar surface area (TPSA) is 108 Å². The largest absolute Gasteiger partial charge is 0.405 e. The Bertz CT molecular complexity index is 1300. The molecule has 0 bridgehead atoms. The molecule has 5 heterocycles. The number of hydrogen-bond acceptors (Lipinski definition) is 7. The highest BCUT2D eigenvalue weighted by Gasteiger charge is 2.42. The van der Waals surface area contributed by atoms with Crippen LogP contribution < -0.4 is 21.3 Å². The van der Waals surface area contributed by atoms with Gasteiger partial charge in [-0.15, -0.1) is 0 Å². The third-order valence-electron chi connectivity index (χ3n) is 5.81. The van der Waals surface area contributed by atoms with E-state index >= 15 is 0 Å². The second kappa shape index (κ2) is 8.82. The Morgan fingerprint density at radius 1 is 1.15 bits per heavy atom. The first-order valence-electron chi connectivity index (χ1n) is 10.8. The van der Waals surface area contributed by atoms with Crippen LogP contribution in [0.25, 0.3) is 22.2 Å². The lowest BCUT2D eigenvalue weighted by molar-refractivity contribution is -0.155. The van der Waals surface area contributed by atoms with Gasteiger partial charge in [0.05, 0.1) is 12.2 Å². The monoisotopic (exact) mass is 468 g/mol. The van der Waals surface area contributed by atoms with Crippen molar-refractivity contribution in [1.82, 2.24) is 25.3 Å². The van der Waals surface area contributed by atoms with Crippen molar-refractivity contribution in [3.8, 4) is 11.1 Å². The van der Waals surface area contributed by atoms with Crippen molar-refractivity contribution in [2.75, 3.05) is 35.6 Å². The fourth-order valence-corrected chi connectivity index (χ4v) is 4.15. The van der Waals surface area contributed by atoms with E-state index in [0.717, 1.165) is 33.5 Å². The number of rotatable bonds is 5. The fourth-order valence-electron chi connectivity index (χ4n) is 4.15. The lowest BCUT2D eigenvalue weighted by atomic mass is 10.1. The molecule has 8 nitrogen and oxygen atoms in total. The van der Waals surface area contributed by atoms with Crippen molar-refractivity contribution >= 4 is 28.4 Å². The second-order valence-corrected chi connectivity index (χ2v) is 8.09. The summed E-state index contributed by atoms with van der Waals surface area (Å²) in [6, 6.07) is 9.38. The molecule has 11 heteroatoms. The number of nitrogen functional groups attached to an aromatic ring is 1. The van der Waals surface area contributed by atoms with Crippen molar-refractivity contribution in [3.05, 3.63) is 60.7 Å². The van der Waals surface area contributed by atoms with Gasteiger partial charge in [-0.25, -0.2) is 15.0 Å². The summed E-state index contributed by atoms with van der Waals surface area (Å²) in [5, 5.41) is 6.83. The molecular formula is C23H23F3N8. The van der Waals surface area contributed by atoms with Gasteiger partial charge < -0.3 is 26.3 Å². The molecule has 1 aliphatic heterocycles. The summed E-state index contributed by atoms with van der Waals surface area (Å²) in [6.45, 7) is 0.938. The van der Waals surface area contributed by atoms with E-state index in [0.29, 0.717) is 24.7 Å². The van der Waals surface area contributed by atoms with E-state index in [2.05, 4.69) is 30.6 Å². The second-order valence-electron chi connectivity index (χ2n) is 8.09. The first-order valence-corrected chi connectivity index (χ1v) is 10.8. The number of aromatic amines is 1. The van der Waals surface area contributed by atoms with Crippen LogP contribution in [-0.4, -0.2) is 51.8 Å². The molecule has 5 rings (SSSR count). The molecule has 0 spiro atoms. The van der Waals surface area contributed by atoms with E-state index in [1.807, 2.05) is 30.5 Å². The van der Waals surface area contributed by atoms with E-state index in [1.165, 1.54) is 0 Å². The van der Waals surface area contributed by atoms with Crippen LogP contribution in [0.4, 0.5) is 30.5 Å². The molecule has 1 fully saturated rings. The van der Waals surface area contributed by atoms with Gasteiger partial charge in [-0.1, -0.05) is 6.07 Å². The first-order chi connectivity index (χ1) is 16.4. The predicted molar refractivity (Wildman–Crippen MR) is 125 cm³/mol. The molecule has 0 radical (unpaired) electrons. The first kappa shape index (κ1) is 22.0. The van der Waals surface area contributed by atoms with E-state index < -0.39 is 12.2 Å². The Hall–Kier alpha value is -3.86. The number of fused-ring (bicyclic) bond motifs is 1. The highest BCUT2D eigenvalue weighted by molar-refractivity contribution is 6.02. The summed E-state index contributed by atoms with van der Waals surface area (Å²) < 4.78 is 39.5. The Morgan fingerprint density at radius 3 is 2.82 bits per heavy atom. The minimum Gasteiger partial charge on any atom is -0.384 e. The van der Waals surface area contributed by atoms with Gasteiger partial charge in [0.25, 0.3) is 0 Å². The number of piperazine rings is 1. The molecule has 4 aromatic heterocycles. The number of aromatic nitrogens is 4. The van der Waals surface area contributed by atoms with Crippen molar-refractivity contribution in [1.29, 1.82) is 0 Å². The Morgan fingerprint density at radius 2 is 2.00 bits per heavy atom. The molecule has 0 aliphatic carbocycles. The number of halogens is 3. The maximum absolute atomic E-state index is 13.2. The van der Waals surface area contributed by atoms with Crippen LogP contribution in [0.2, 0.25) is 0 Å². The predicted octanol–water partition coefficient (Wildman–Crippen LogP) is 3.55. The van der Waals surface area contributed by atoms with Gasteiger partial charge in [-0.05, 0) is 35.9 Å². The minimum absolute atomic E-state index is 0.167. The average Bonchev–Trinajstić information content (AvgIpc) is 3.27. The molecule has 1 atom stereocenters. The van der Waals surface area contributed by atoms with Crippen molar-refractivity contribution in [2.45, 2.75) is 18.8 Å². The van der Waals surface area contributed by atoms with Crippen LogP contribution in [-0.2, 0) is 6.54 Å². The number of H-pyrrole nitrogens is 1. The zero-order valence-electron chi connectivity index (χ0n) is 18.1. The number of nitrogens with one attached hydrogen (secondary N) is 3. The number of pyridine rings is 3. The molecule has 1 unspecified atom stereocenters. The number of nitrogens with zero attached hydrogens (tertiary/aromatic N) is 4. The normalized spacial score (nSPS) is 16.7. The van der Waals surface area contributed by atoms with Crippen molar-refractivity contribution < 1.29 is 13.2 Å². The van der Waals surface area contributed by atoms with Crippen LogP contribution in [0.1, 0.15) is 5.69 Å². The van der Waals surface area contributed by atoms with Gasteiger partial charge in [0.2, 0.25) is 0 Å². The maximum atomic E-state index is 13.2. The standard InChI is InChI=1S/C23H23F3N8/c24-23(25,26)18-13-34(9-8-28-18)20-3-1-2-15(33-20)11-31-17-5-7-30-22-21(17)16(12-32-22)14-4-6-29-19(27)10-14/h1-7,10,12,18,28H,8-9,11,13H2,(H2,27,29)(H2,30,31,32). The SMILES string of the molecule is Nc1cc(-c2c[nH]c3nccc(NCc4cccc(N5CCNC(C(F)(F)F)C5)n4)c23)ccn1. The van der Waals surface area contributed by atoms with E-state index in [9.17, 15) is 13.2 Å². The molecule has 1 aliphatic rings. The van der Waals surface area contributed by atoms with Gasteiger partial charge in [0.15, 0.2) is 0 Å². The molecule has 176 valence electrons. The molecule has 1 saturated heterocycles. The average molecular weight is 468 g/mol. The van der Waals surface area contributed by atoms with Gasteiger partial charge in [0, 0.05) is 54.9 Å².